The fourth-order valence-corrected chi connectivity index (χ4v) is 1.21. The van der Waals surface area contributed by atoms with Gasteiger partial charge in [0.2, 0.25) is 0 Å². The Morgan fingerprint density at radius 3 is 2.82 bits per heavy atom. The van der Waals surface area contributed by atoms with E-state index >= 15 is 0 Å². The molecule has 0 aromatic heterocycles. The molecule has 0 aliphatic rings. The van der Waals surface area contributed by atoms with Crippen molar-refractivity contribution in [1.82, 2.24) is 5.32 Å². The Labute approximate surface area is 78.8 Å². The highest BCUT2D eigenvalue weighted by molar-refractivity contribution is 6.25. The van der Waals surface area contributed by atoms with Crippen LogP contribution in [0.2, 0.25) is 0 Å². The van der Waals surface area contributed by atoms with E-state index < -0.39 is 0 Å². The molecule has 11 heavy (non-hydrogen) atoms. The zero-order chi connectivity index (χ0) is 8.53. The Hall–Kier alpha value is 0.280. The van der Waals surface area contributed by atoms with Crippen LogP contribution in [0.25, 0.3) is 0 Å². The van der Waals surface area contributed by atoms with E-state index in [0.29, 0.717) is 5.92 Å². The lowest BCUT2D eigenvalue weighted by molar-refractivity contribution is 0.519. The summed E-state index contributed by atoms with van der Waals surface area (Å²) in [7, 11) is 0. The second-order valence-corrected chi connectivity index (χ2v) is 3.23. The number of hydrogen-bond acceptors (Lipinski definition) is 1. The van der Waals surface area contributed by atoms with Gasteiger partial charge in [0.05, 0.1) is 0 Å². The van der Waals surface area contributed by atoms with Gasteiger partial charge in [-0.15, -0.1) is 11.6 Å². The van der Waals surface area contributed by atoms with Crippen molar-refractivity contribution in [2.45, 2.75) is 13.3 Å². The summed E-state index contributed by atoms with van der Waals surface area (Å²) >= 11 is 10.9. The monoisotopic (exact) mass is 195 g/mol. The average molecular weight is 196 g/mol. The predicted molar refractivity (Wildman–Crippen MR) is 52.4 cm³/mol. The van der Waals surface area contributed by atoms with Crippen LogP contribution >= 0.6 is 23.2 Å². The normalized spacial score (nSPS) is 14.1. The first kappa shape index (κ1) is 11.3. The summed E-state index contributed by atoms with van der Waals surface area (Å²) in [5.74, 6) is 1.39. The molecule has 1 N–H and O–H groups in total. The molecule has 0 amide bonds. The van der Waals surface area contributed by atoms with Crippen LogP contribution in [0, 0.1) is 5.92 Å². The summed E-state index contributed by atoms with van der Waals surface area (Å²) in [5.41, 5.74) is 1.53. The molecule has 0 radical (unpaired) electrons. The third-order valence-electron chi connectivity index (χ3n) is 1.45. The summed E-state index contributed by atoms with van der Waals surface area (Å²) in [4.78, 5) is 0. The number of alkyl halides is 1. The van der Waals surface area contributed by atoms with Crippen molar-refractivity contribution < 1.29 is 0 Å². The minimum Gasteiger partial charge on any atom is -0.313 e. The van der Waals surface area contributed by atoms with E-state index in [-0.39, 0.29) is 0 Å². The minimum absolute atomic E-state index is 0.649. The second kappa shape index (κ2) is 8.38. The lowest BCUT2D eigenvalue weighted by Crippen LogP contribution is -2.21. The summed E-state index contributed by atoms with van der Waals surface area (Å²) in [5, 5.41) is 3.24. The molecule has 66 valence electrons. The maximum absolute atomic E-state index is 5.57. The van der Waals surface area contributed by atoms with Crippen LogP contribution in [-0.4, -0.2) is 19.0 Å². The molecule has 0 heterocycles. The molecule has 0 rings (SSSR count). The van der Waals surface area contributed by atoms with Crippen LogP contribution in [0.3, 0.4) is 0 Å². The molecule has 0 fully saturated rings. The minimum atomic E-state index is 0.649. The third-order valence-corrected chi connectivity index (χ3v) is 1.84. The quantitative estimate of drug-likeness (QED) is 0.508. The lowest BCUT2D eigenvalue weighted by atomic mass is 10.1. The Balaban J connectivity index is 3.10. The molecule has 0 bridgehead atoms. The molecule has 0 aromatic rings. The van der Waals surface area contributed by atoms with Gasteiger partial charge in [-0.2, -0.15) is 0 Å². The molecule has 1 unspecified atom stereocenters. The smallest absolute Gasteiger partial charge is 0.0226 e. The van der Waals surface area contributed by atoms with Crippen LogP contribution < -0.4 is 5.32 Å². The van der Waals surface area contributed by atoms with Crippen LogP contribution in [0.4, 0.5) is 0 Å². The van der Waals surface area contributed by atoms with Gasteiger partial charge in [-0.05, 0) is 18.9 Å². The first-order valence-electron chi connectivity index (χ1n) is 3.83. The largest absolute Gasteiger partial charge is 0.313 e. The van der Waals surface area contributed by atoms with Crippen molar-refractivity contribution in [3.63, 3.8) is 0 Å². The van der Waals surface area contributed by atoms with Crippen LogP contribution in [0.1, 0.15) is 13.3 Å². The molecule has 0 aromatic carbocycles. The van der Waals surface area contributed by atoms with Crippen molar-refractivity contribution in [3.8, 4) is 0 Å². The van der Waals surface area contributed by atoms with E-state index in [1.807, 2.05) is 6.08 Å². The zero-order valence-electron chi connectivity index (χ0n) is 6.82. The Kier molecular flexibility index (Phi) is 8.59. The van der Waals surface area contributed by atoms with Crippen molar-refractivity contribution >= 4 is 23.2 Å². The standard InChI is InChI=1S/C8H15Cl2N/c1-8(3-5-10)7-11-6-2-4-9/h2,4,8,11H,3,5-7H2,1H3/b4-2+. The molecule has 1 nitrogen and oxygen atoms in total. The number of rotatable bonds is 6. The first-order valence-corrected chi connectivity index (χ1v) is 4.80. The molecule has 1 atom stereocenters. The number of halogens is 2. The SMILES string of the molecule is CC(CCCl)CNC/C=C/Cl. The fourth-order valence-electron chi connectivity index (χ4n) is 0.746. The predicted octanol–water partition coefficient (Wildman–Crippen LogP) is 2.59. The van der Waals surface area contributed by atoms with Gasteiger partial charge in [0.25, 0.3) is 0 Å². The van der Waals surface area contributed by atoms with Crippen LogP contribution in [0.15, 0.2) is 11.6 Å². The van der Waals surface area contributed by atoms with E-state index in [9.17, 15) is 0 Å². The van der Waals surface area contributed by atoms with Crippen LogP contribution in [-0.2, 0) is 0 Å². The molecular formula is C8H15Cl2N. The lowest BCUT2D eigenvalue weighted by Gasteiger charge is -2.08. The Bertz CT molecular complexity index is 104. The van der Waals surface area contributed by atoms with E-state index in [1.54, 1.807) is 0 Å². The fraction of sp³-hybridized carbons (Fsp3) is 0.750. The Morgan fingerprint density at radius 1 is 1.55 bits per heavy atom. The highest BCUT2D eigenvalue weighted by Gasteiger charge is 1.97. The molecule has 3 heteroatoms. The summed E-state index contributed by atoms with van der Waals surface area (Å²) in [6.45, 7) is 4.03. The summed E-state index contributed by atoms with van der Waals surface area (Å²) in [6.07, 6.45) is 2.95. The first-order chi connectivity index (χ1) is 5.31. The Morgan fingerprint density at radius 2 is 2.27 bits per heavy atom. The second-order valence-electron chi connectivity index (χ2n) is 2.60. The maximum atomic E-state index is 5.57. The third kappa shape index (κ3) is 8.18. The summed E-state index contributed by atoms with van der Waals surface area (Å²) in [6, 6.07) is 0. The van der Waals surface area contributed by atoms with E-state index in [2.05, 4.69) is 12.2 Å². The average Bonchev–Trinajstić information content (AvgIpc) is 1.99. The molecule has 0 spiro atoms. The molecule has 0 aliphatic carbocycles. The van der Waals surface area contributed by atoms with Crippen LogP contribution in [0.5, 0.6) is 0 Å². The molecule has 0 saturated heterocycles. The van der Waals surface area contributed by atoms with Gasteiger partial charge < -0.3 is 5.32 Å². The van der Waals surface area contributed by atoms with Gasteiger partial charge in [0.15, 0.2) is 0 Å². The topological polar surface area (TPSA) is 12.0 Å². The zero-order valence-corrected chi connectivity index (χ0v) is 8.33. The van der Waals surface area contributed by atoms with Gasteiger partial charge in [-0.1, -0.05) is 24.6 Å². The maximum Gasteiger partial charge on any atom is 0.0226 e. The highest BCUT2D eigenvalue weighted by Crippen LogP contribution is 2.00. The number of nitrogens with one attached hydrogen (secondary N) is 1. The summed E-state index contributed by atoms with van der Waals surface area (Å²) < 4.78 is 0. The van der Waals surface area contributed by atoms with E-state index in [1.165, 1.54) is 5.54 Å². The van der Waals surface area contributed by atoms with Gasteiger partial charge in [-0.25, -0.2) is 0 Å². The molecule has 0 saturated carbocycles. The highest BCUT2D eigenvalue weighted by atomic mass is 35.5. The van der Waals surface area contributed by atoms with Gasteiger partial charge in [0, 0.05) is 18.0 Å². The molecular weight excluding hydrogens is 181 g/mol. The van der Waals surface area contributed by atoms with Gasteiger partial charge >= 0.3 is 0 Å². The van der Waals surface area contributed by atoms with Gasteiger partial charge in [0.1, 0.15) is 0 Å². The van der Waals surface area contributed by atoms with Crippen molar-refractivity contribution in [2.24, 2.45) is 5.92 Å². The van der Waals surface area contributed by atoms with Crippen molar-refractivity contribution in [1.29, 1.82) is 0 Å². The van der Waals surface area contributed by atoms with Crippen molar-refractivity contribution in [3.05, 3.63) is 11.6 Å². The van der Waals surface area contributed by atoms with E-state index in [0.717, 1.165) is 25.4 Å². The van der Waals surface area contributed by atoms with E-state index in [4.69, 9.17) is 23.2 Å². The van der Waals surface area contributed by atoms with Gasteiger partial charge in [-0.3, -0.25) is 0 Å². The van der Waals surface area contributed by atoms with Crippen molar-refractivity contribution in [2.75, 3.05) is 19.0 Å². The molecule has 0 aliphatic heterocycles. The number of hydrogen-bond donors (Lipinski definition) is 1.